The van der Waals surface area contributed by atoms with Crippen LogP contribution in [0, 0.1) is 13.8 Å². The summed E-state index contributed by atoms with van der Waals surface area (Å²) in [5.74, 6) is -1.27. The van der Waals surface area contributed by atoms with E-state index >= 15 is 0 Å². The summed E-state index contributed by atoms with van der Waals surface area (Å²) < 4.78 is 0.394. The number of carboxylic acid groups (broad SMARTS) is 1. The predicted octanol–water partition coefficient (Wildman–Crippen LogP) is 4.41. The molecule has 0 unspecified atom stereocenters. The number of thioether (sulfide) groups is 1. The molecule has 25 heavy (non-hydrogen) atoms. The molecule has 3 rings (SSSR count). The lowest BCUT2D eigenvalue weighted by Gasteiger charge is -2.16. The lowest BCUT2D eigenvalue weighted by Crippen LogP contribution is -2.27. The van der Waals surface area contributed by atoms with Crippen LogP contribution in [0.4, 0.5) is 5.69 Å². The molecule has 1 N–H and O–H groups in total. The molecule has 0 atom stereocenters. The zero-order valence-electron chi connectivity index (χ0n) is 13.6. The van der Waals surface area contributed by atoms with Crippen molar-refractivity contribution in [3.63, 3.8) is 0 Å². The van der Waals surface area contributed by atoms with Crippen molar-refractivity contribution in [3.05, 3.63) is 69.6 Å². The molecule has 6 heteroatoms. The van der Waals surface area contributed by atoms with E-state index < -0.39 is 5.97 Å². The number of hydrogen-bond acceptors (Lipinski definition) is 4. The van der Waals surface area contributed by atoms with Crippen LogP contribution in [-0.4, -0.2) is 21.3 Å². The number of carboxylic acids is 1. The fraction of sp³-hybridized carbons (Fsp3) is 0.105. The van der Waals surface area contributed by atoms with Gasteiger partial charge in [0.05, 0.1) is 16.2 Å². The molecule has 1 fully saturated rings. The minimum atomic E-state index is -1.03. The highest BCUT2D eigenvalue weighted by molar-refractivity contribution is 8.27. The molecule has 0 saturated carbocycles. The summed E-state index contributed by atoms with van der Waals surface area (Å²) in [7, 11) is 0. The molecule has 0 radical (unpaired) electrons. The minimum Gasteiger partial charge on any atom is -0.478 e. The smallest absolute Gasteiger partial charge is 0.336 e. The first-order valence-electron chi connectivity index (χ1n) is 7.56. The highest BCUT2D eigenvalue weighted by atomic mass is 32.2. The van der Waals surface area contributed by atoms with Crippen molar-refractivity contribution in [1.29, 1.82) is 0 Å². The molecule has 1 aliphatic rings. The van der Waals surface area contributed by atoms with Gasteiger partial charge in [-0.1, -0.05) is 54.3 Å². The highest BCUT2D eigenvalue weighted by Gasteiger charge is 2.33. The first-order chi connectivity index (χ1) is 11.9. The molecule has 1 amide bonds. The van der Waals surface area contributed by atoms with Crippen LogP contribution in [0.3, 0.4) is 0 Å². The molecule has 0 aliphatic carbocycles. The Morgan fingerprint density at radius 3 is 2.56 bits per heavy atom. The summed E-state index contributed by atoms with van der Waals surface area (Å²) in [4.78, 5) is 26.1. The van der Waals surface area contributed by atoms with Gasteiger partial charge in [0.2, 0.25) is 0 Å². The predicted molar refractivity (Wildman–Crippen MR) is 105 cm³/mol. The van der Waals surface area contributed by atoms with Gasteiger partial charge >= 0.3 is 5.97 Å². The largest absolute Gasteiger partial charge is 0.478 e. The Kier molecular flexibility index (Phi) is 4.74. The van der Waals surface area contributed by atoms with Crippen molar-refractivity contribution in [2.24, 2.45) is 0 Å². The summed E-state index contributed by atoms with van der Waals surface area (Å²) in [6.45, 7) is 3.70. The lowest BCUT2D eigenvalue weighted by molar-refractivity contribution is -0.113. The van der Waals surface area contributed by atoms with Gasteiger partial charge in [0.25, 0.3) is 5.91 Å². The van der Waals surface area contributed by atoms with Gasteiger partial charge in [-0.05, 0) is 48.7 Å². The Morgan fingerprint density at radius 2 is 1.88 bits per heavy atom. The van der Waals surface area contributed by atoms with Gasteiger partial charge in [0.1, 0.15) is 0 Å². The number of aromatic carboxylic acids is 1. The fourth-order valence-corrected chi connectivity index (χ4v) is 3.85. The summed E-state index contributed by atoms with van der Waals surface area (Å²) in [5, 5.41) is 9.29. The third-order valence-corrected chi connectivity index (χ3v) is 5.28. The average molecular weight is 369 g/mol. The van der Waals surface area contributed by atoms with Gasteiger partial charge in [0, 0.05) is 0 Å². The zero-order chi connectivity index (χ0) is 18.1. The van der Waals surface area contributed by atoms with Crippen molar-refractivity contribution in [1.82, 2.24) is 0 Å². The van der Waals surface area contributed by atoms with E-state index in [1.807, 2.05) is 37.3 Å². The number of nitrogens with zero attached hydrogens (tertiary/aromatic N) is 1. The molecule has 126 valence electrons. The first kappa shape index (κ1) is 17.4. The number of hydrogen-bond donors (Lipinski definition) is 1. The molecular formula is C19H15NO3S2. The van der Waals surface area contributed by atoms with Gasteiger partial charge in [-0.2, -0.15) is 0 Å². The molecule has 2 aromatic rings. The van der Waals surface area contributed by atoms with Gasteiger partial charge in [-0.15, -0.1) is 0 Å². The second kappa shape index (κ2) is 6.82. The second-order valence-electron chi connectivity index (χ2n) is 5.68. The molecular weight excluding hydrogens is 354 g/mol. The van der Waals surface area contributed by atoms with E-state index in [4.69, 9.17) is 12.2 Å². The molecule has 1 saturated heterocycles. The Hall–Kier alpha value is -2.44. The van der Waals surface area contributed by atoms with Crippen LogP contribution in [0.2, 0.25) is 0 Å². The molecule has 0 bridgehead atoms. The fourth-order valence-electron chi connectivity index (χ4n) is 2.56. The lowest BCUT2D eigenvalue weighted by atomic mass is 10.1. The maximum Gasteiger partial charge on any atom is 0.336 e. The van der Waals surface area contributed by atoms with Crippen LogP contribution >= 0.6 is 24.0 Å². The maximum atomic E-state index is 12.8. The number of amides is 1. The van der Waals surface area contributed by atoms with Crippen LogP contribution < -0.4 is 4.90 Å². The highest BCUT2D eigenvalue weighted by Crippen LogP contribution is 2.36. The van der Waals surface area contributed by atoms with Gasteiger partial charge in [-0.25, -0.2) is 4.79 Å². The van der Waals surface area contributed by atoms with E-state index in [2.05, 4.69) is 0 Å². The number of rotatable bonds is 3. The second-order valence-corrected chi connectivity index (χ2v) is 7.35. The van der Waals surface area contributed by atoms with E-state index in [1.165, 1.54) is 22.7 Å². The number of aryl methyl sites for hydroxylation is 2. The van der Waals surface area contributed by atoms with Crippen molar-refractivity contribution in [2.45, 2.75) is 13.8 Å². The topological polar surface area (TPSA) is 57.6 Å². The summed E-state index contributed by atoms with van der Waals surface area (Å²) in [6, 6.07) is 12.7. The molecule has 1 aliphatic heterocycles. The molecule has 2 aromatic carbocycles. The van der Waals surface area contributed by atoms with Gasteiger partial charge in [0.15, 0.2) is 4.32 Å². The summed E-state index contributed by atoms with van der Waals surface area (Å²) in [5.41, 5.74) is 3.29. The van der Waals surface area contributed by atoms with Crippen molar-refractivity contribution in [2.75, 3.05) is 4.90 Å². The number of thiocarbonyl (C=S) groups is 1. The molecule has 1 heterocycles. The van der Waals surface area contributed by atoms with Crippen LogP contribution in [0.1, 0.15) is 27.0 Å². The van der Waals surface area contributed by atoms with Crippen LogP contribution in [0.25, 0.3) is 6.08 Å². The van der Waals surface area contributed by atoms with E-state index in [-0.39, 0.29) is 11.5 Å². The average Bonchev–Trinajstić information content (AvgIpc) is 2.84. The Morgan fingerprint density at radius 1 is 1.16 bits per heavy atom. The minimum absolute atomic E-state index is 0.162. The third kappa shape index (κ3) is 3.36. The van der Waals surface area contributed by atoms with E-state index in [1.54, 1.807) is 19.1 Å². The van der Waals surface area contributed by atoms with Crippen LogP contribution in [0.5, 0.6) is 0 Å². The number of anilines is 1. The zero-order valence-corrected chi connectivity index (χ0v) is 15.3. The van der Waals surface area contributed by atoms with Crippen molar-refractivity contribution in [3.8, 4) is 0 Å². The SMILES string of the molecule is Cc1ccccc1C=C1SC(=S)N(c2ccc(C)c(C(=O)O)c2)C1=O. The third-order valence-electron chi connectivity index (χ3n) is 3.98. The van der Waals surface area contributed by atoms with Crippen LogP contribution in [-0.2, 0) is 4.79 Å². The standard InChI is InChI=1S/C19H15NO3S2/c1-11-5-3-4-6-13(11)9-16-17(21)20(19(24)25-16)14-8-7-12(2)15(10-14)18(22)23/h3-10H,1-2H3,(H,22,23). The number of carbonyl (C=O) groups excluding carboxylic acids is 1. The molecule has 0 aromatic heterocycles. The van der Waals surface area contributed by atoms with E-state index in [0.29, 0.717) is 20.5 Å². The summed E-state index contributed by atoms with van der Waals surface area (Å²) in [6.07, 6.45) is 1.82. The van der Waals surface area contributed by atoms with Gasteiger partial charge in [-0.3, -0.25) is 9.69 Å². The number of benzene rings is 2. The maximum absolute atomic E-state index is 12.8. The molecule has 0 spiro atoms. The Labute approximate surface area is 155 Å². The van der Waals surface area contributed by atoms with E-state index in [9.17, 15) is 14.7 Å². The van der Waals surface area contributed by atoms with Gasteiger partial charge < -0.3 is 5.11 Å². The monoisotopic (exact) mass is 369 g/mol. The van der Waals surface area contributed by atoms with E-state index in [0.717, 1.165) is 11.1 Å². The van der Waals surface area contributed by atoms with Crippen molar-refractivity contribution >= 4 is 51.9 Å². The number of carbonyl (C=O) groups is 2. The normalized spacial score (nSPS) is 15.9. The summed E-state index contributed by atoms with van der Waals surface area (Å²) >= 11 is 6.57. The molecule has 4 nitrogen and oxygen atoms in total. The Balaban J connectivity index is 1.99. The van der Waals surface area contributed by atoms with Crippen LogP contribution in [0.15, 0.2) is 47.4 Å². The first-order valence-corrected chi connectivity index (χ1v) is 8.78. The van der Waals surface area contributed by atoms with Crippen molar-refractivity contribution < 1.29 is 14.7 Å². The Bertz CT molecular complexity index is 934. The quantitative estimate of drug-likeness (QED) is 0.642.